The van der Waals surface area contributed by atoms with Gasteiger partial charge in [-0.3, -0.25) is 13.3 Å². The summed E-state index contributed by atoms with van der Waals surface area (Å²) in [6.07, 6.45) is 2.44. The Labute approximate surface area is 235 Å². The number of nitrogens with zero attached hydrogens (tertiary/aromatic N) is 4. The highest BCUT2D eigenvalue weighted by Crippen LogP contribution is 2.67. The van der Waals surface area contributed by atoms with Gasteiger partial charge in [0.15, 0.2) is 28.7 Å². The average Bonchev–Trinajstić information content (AvgIpc) is 3.29. The van der Waals surface area contributed by atoms with E-state index in [9.17, 15) is 23.2 Å². The molecule has 0 amide bonds. The number of hydrogen-bond acceptors (Lipinski definition) is 11. The third-order valence-electron chi connectivity index (χ3n) is 8.75. The highest BCUT2D eigenvalue weighted by molar-refractivity contribution is 7.93. The largest absolute Gasteiger partial charge is 0.387 e. The normalized spacial score (nSPS) is 39.3. The van der Waals surface area contributed by atoms with Gasteiger partial charge in [0.2, 0.25) is 5.28 Å². The fourth-order valence-electron chi connectivity index (χ4n) is 8.51. The third-order valence-corrected chi connectivity index (χ3v) is 12.0. The van der Waals surface area contributed by atoms with Crippen molar-refractivity contribution in [3.8, 4) is 0 Å². The minimum absolute atomic E-state index is 0.0460. The van der Waals surface area contributed by atoms with Crippen molar-refractivity contribution in [1.29, 1.82) is 0 Å². The van der Waals surface area contributed by atoms with Crippen molar-refractivity contribution < 1.29 is 41.9 Å². The smallest absolute Gasteiger partial charge is 0.343 e. The molecule has 1 unspecified atom stereocenters. The quantitative estimate of drug-likeness (QED) is 0.162. The predicted molar refractivity (Wildman–Crippen MR) is 142 cm³/mol. The Kier molecular flexibility index (Phi) is 6.66. The van der Waals surface area contributed by atoms with E-state index in [1.165, 1.54) is 30.2 Å². The van der Waals surface area contributed by atoms with Gasteiger partial charge in [-0.1, -0.05) is 13.8 Å². The fourth-order valence-corrected chi connectivity index (χ4v) is 11.0. The van der Waals surface area contributed by atoms with E-state index in [2.05, 4.69) is 38.3 Å². The third kappa shape index (κ3) is 5.29. The zero-order valence-electron chi connectivity index (χ0n) is 22.0. The molecule has 14 nitrogen and oxygen atoms in total. The zero-order chi connectivity index (χ0) is 28.9. The number of aromatic nitrogens is 4. The van der Waals surface area contributed by atoms with Gasteiger partial charge in [-0.15, -0.1) is 0 Å². The van der Waals surface area contributed by atoms with E-state index in [1.54, 1.807) is 0 Å². The van der Waals surface area contributed by atoms with E-state index in [0.717, 1.165) is 19.3 Å². The summed E-state index contributed by atoms with van der Waals surface area (Å²) in [5, 5.41) is 24.9. The molecule has 40 heavy (non-hydrogen) atoms. The van der Waals surface area contributed by atoms with Gasteiger partial charge in [-0.2, -0.15) is 18.4 Å². The van der Waals surface area contributed by atoms with E-state index >= 15 is 0 Å². The number of fused-ring (bicyclic) bond motifs is 1. The second kappa shape index (κ2) is 9.29. The Bertz CT molecular complexity index is 1480. The summed E-state index contributed by atoms with van der Waals surface area (Å²) in [4.78, 5) is 31.1. The molecule has 1 saturated heterocycles. The van der Waals surface area contributed by atoms with E-state index in [1.807, 2.05) is 0 Å². The van der Waals surface area contributed by atoms with Crippen LogP contribution < -0.4 is 5.32 Å². The molecule has 4 saturated carbocycles. The number of aliphatic hydroxyl groups excluding tert-OH is 2. The van der Waals surface area contributed by atoms with Crippen LogP contribution in [0.1, 0.15) is 58.6 Å². The van der Waals surface area contributed by atoms with Crippen molar-refractivity contribution in [2.24, 2.45) is 16.7 Å². The molecule has 7 rings (SSSR count). The summed E-state index contributed by atoms with van der Waals surface area (Å²) in [5.74, 6) is 1.11. The van der Waals surface area contributed by atoms with E-state index in [4.69, 9.17) is 26.1 Å². The molecule has 17 heteroatoms. The van der Waals surface area contributed by atoms with Gasteiger partial charge in [0.1, 0.15) is 18.3 Å². The molecule has 8 atom stereocenters. The van der Waals surface area contributed by atoms with Gasteiger partial charge < -0.3 is 30.1 Å². The lowest BCUT2D eigenvalue weighted by atomic mass is 9.43. The number of nitrogens with one attached hydrogen (secondary N) is 1. The minimum Gasteiger partial charge on any atom is -0.387 e. The molecule has 2 aromatic rings. The molecule has 5 N–H and O–H groups in total. The molecule has 1 aliphatic heterocycles. The van der Waals surface area contributed by atoms with E-state index in [-0.39, 0.29) is 27.3 Å². The number of hydrogen-bond donors (Lipinski definition) is 5. The lowest BCUT2D eigenvalue weighted by Gasteiger charge is -2.65. The maximum Gasteiger partial charge on any atom is 0.343 e. The molecule has 4 bridgehead atoms. The number of aliphatic hydroxyl groups is 2. The first-order chi connectivity index (χ1) is 18.5. The molecular weight excluding hydrogens is 589 g/mol. The van der Waals surface area contributed by atoms with Crippen molar-refractivity contribution in [2.45, 2.75) is 82.5 Å². The molecule has 0 aromatic carbocycles. The maximum absolute atomic E-state index is 11.9. The first-order valence-electron chi connectivity index (χ1n) is 13.1. The van der Waals surface area contributed by atoms with Crippen molar-refractivity contribution >= 4 is 46.3 Å². The number of anilines is 1. The van der Waals surface area contributed by atoms with Crippen molar-refractivity contribution in [1.82, 2.24) is 19.5 Å². The highest BCUT2D eigenvalue weighted by atomic mass is 35.5. The summed E-state index contributed by atoms with van der Waals surface area (Å²) < 4.78 is 46.6. The second-order valence-corrected chi connectivity index (χ2v) is 16.9. The van der Waals surface area contributed by atoms with Crippen LogP contribution >= 0.6 is 19.2 Å². The number of halogens is 1. The second-order valence-electron chi connectivity index (χ2n) is 12.9. The van der Waals surface area contributed by atoms with Crippen LogP contribution in [0.15, 0.2) is 6.33 Å². The molecule has 5 fully saturated rings. The Morgan fingerprint density at radius 1 is 1.15 bits per heavy atom. The SMILES string of the molecule is C[C@]12C[C@@H]3C[C@](C)(C1)C[C@@](Nc1nc(Cl)nc4c1ncn4[C@@H]1O[C@H](COS(=O)(=O)CP(=O)(O)O)C(O)[C@@H]1O)(C3)C2. The van der Waals surface area contributed by atoms with Crippen molar-refractivity contribution in [3.05, 3.63) is 11.6 Å². The van der Waals surface area contributed by atoms with Crippen molar-refractivity contribution in [3.63, 3.8) is 0 Å². The number of ether oxygens (including phenoxy) is 1. The van der Waals surface area contributed by atoms with Crippen LogP contribution in [0.5, 0.6) is 0 Å². The first kappa shape index (κ1) is 28.7. The lowest BCUT2D eigenvalue weighted by molar-refractivity contribution is -0.0973. The summed E-state index contributed by atoms with van der Waals surface area (Å²) >= 11 is 6.34. The van der Waals surface area contributed by atoms with Gasteiger partial charge >= 0.3 is 7.60 Å². The number of imidazole rings is 1. The molecule has 2 aromatic heterocycles. The van der Waals surface area contributed by atoms with Gasteiger partial charge in [0.05, 0.1) is 12.9 Å². The Balaban J connectivity index is 1.25. The van der Waals surface area contributed by atoms with Crippen LogP contribution in [0.4, 0.5) is 5.82 Å². The summed E-state index contributed by atoms with van der Waals surface area (Å²) in [7, 11) is -9.52. The summed E-state index contributed by atoms with van der Waals surface area (Å²) in [5.41, 5.74) is -0.514. The monoisotopic (exact) mass is 621 g/mol. The van der Waals surface area contributed by atoms with Crippen LogP contribution in [0, 0.1) is 16.7 Å². The van der Waals surface area contributed by atoms with E-state index < -0.39 is 54.4 Å². The van der Waals surface area contributed by atoms with Crippen LogP contribution in [-0.4, -0.2) is 83.9 Å². The fraction of sp³-hybridized carbons (Fsp3) is 0.783. The van der Waals surface area contributed by atoms with Crippen LogP contribution in [-0.2, 0) is 23.6 Å². The van der Waals surface area contributed by atoms with Gasteiger partial charge in [0, 0.05) is 5.54 Å². The first-order valence-corrected chi connectivity index (χ1v) is 16.8. The van der Waals surface area contributed by atoms with Gasteiger partial charge in [-0.25, -0.2) is 4.98 Å². The highest BCUT2D eigenvalue weighted by Gasteiger charge is 2.60. The van der Waals surface area contributed by atoms with E-state index in [0.29, 0.717) is 17.3 Å². The van der Waals surface area contributed by atoms with Crippen molar-refractivity contribution in [2.75, 3.05) is 17.4 Å². The Morgan fingerprint density at radius 3 is 2.45 bits per heavy atom. The standard InChI is InChI=1S/C23H33ClN5O9PS/c1-21-3-12-4-22(2,7-21)9-23(5-12,8-21)28-17-14-18(27-20(24)26-17)29(10-25-14)19-16(31)15(30)13(38-19)6-37-40(35,36)11-39(32,33)34/h10,12-13,15-16,19,30-31H,3-9,11H2,1-2H3,(H,26,27,28)(H2,32,33,34)/t12-,13-,15?,16+,19-,21+,22-,23-/m1/s1. The van der Waals surface area contributed by atoms with Crippen LogP contribution in [0.2, 0.25) is 5.28 Å². The van der Waals surface area contributed by atoms with Crippen LogP contribution in [0.3, 0.4) is 0 Å². The average molecular weight is 622 g/mol. The van der Waals surface area contributed by atoms with Crippen LogP contribution in [0.25, 0.3) is 11.2 Å². The molecule has 222 valence electrons. The molecular formula is C23H33ClN5O9PS. The number of rotatable bonds is 8. The topological polar surface area (TPSA) is 206 Å². The molecule has 0 spiro atoms. The minimum atomic E-state index is -4.90. The zero-order valence-corrected chi connectivity index (χ0v) is 24.4. The maximum atomic E-state index is 11.9. The molecule has 0 radical (unpaired) electrons. The molecule has 5 aliphatic rings. The van der Waals surface area contributed by atoms with Gasteiger partial charge in [-0.05, 0) is 66.9 Å². The molecule has 3 heterocycles. The Morgan fingerprint density at radius 2 is 1.82 bits per heavy atom. The summed E-state index contributed by atoms with van der Waals surface area (Å²) in [6, 6.07) is 0. The lowest BCUT2D eigenvalue weighted by Crippen LogP contribution is -2.61. The predicted octanol–water partition coefficient (Wildman–Crippen LogP) is 1.74. The van der Waals surface area contributed by atoms with Gasteiger partial charge in [0.25, 0.3) is 10.1 Å². The molecule has 4 aliphatic carbocycles. The Hall–Kier alpha value is -1.42. The summed E-state index contributed by atoms with van der Waals surface area (Å²) in [6.45, 7) is 3.96.